The number of anilines is 2. The summed E-state index contributed by atoms with van der Waals surface area (Å²) in [6.07, 6.45) is 1.89. The number of nitrogens with one attached hydrogen (secondary N) is 4. The molecule has 0 saturated carbocycles. The molecule has 1 aliphatic heterocycles. The fourth-order valence-corrected chi connectivity index (χ4v) is 2.45. The molecule has 0 fully saturated rings. The lowest BCUT2D eigenvalue weighted by molar-refractivity contribution is -0.116. The normalized spacial score (nSPS) is 14.0. The number of urea groups is 1. The van der Waals surface area contributed by atoms with Gasteiger partial charge in [-0.1, -0.05) is 5.16 Å². The lowest BCUT2D eigenvalue weighted by atomic mass is 10.0. The molecule has 0 unspecified atom stereocenters. The molecule has 1 atom stereocenters. The Morgan fingerprint density at radius 3 is 2.88 bits per heavy atom. The minimum absolute atomic E-state index is 0.145. The molecule has 2 aromatic rings. The summed E-state index contributed by atoms with van der Waals surface area (Å²) in [6.45, 7) is 1.71. The molecule has 1 aliphatic rings. The molecule has 0 aliphatic carbocycles. The van der Waals surface area contributed by atoms with Crippen LogP contribution < -0.4 is 21.3 Å². The van der Waals surface area contributed by atoms with Crippen LogP contribution in [0.25, 0.3) is 0 Å². The highest BCUT2D eigenvalue weighted by atomic mass is 16.5. The first kappa shape index (κ1) is 17.3. The van der Waals surface area contributed by atoms with Crippen molar-refractivity contribution in [2.75, 3.05) is 17.7 Å². The zero-order chi connectivity index (χ0) is 18.7. The van der Waals surface area contributed by atoms with Crippen molar-refractivity contribution in [3.05, 3.63) is 29.4 Å². The van der Waals surface area contributed by atoms with E-state index in [2.05, 4.69) is 36.4 Å². The number of amides is 4. The van der Waals surface area contributed by atoms with Crippen molar-refractivity contribution in [2.45, 2.75) is 25.8 Å². The molecule has 26 heavy (non-hydrogen) atoms. The molecular formula is C15H17N7O4. The van der Waals surface area contributed by atoms with Crippen LogP contribution in [0.4, 0.5) is 16.4 Å². The molecule has 0 aromatic carbocycles. The molecule has 0 spiro atoms. The average Bonchev–Trinajstić information content (AvgIpc) is 3.09. The number of hydrogen-bond donors (Lipinski definition) is 4. The van der Waals surface area contributed by atoms with E-state index in [0.717, 1.165) is 0 Å². The van der Waals surface area contributed by atoms with E-state index in [0.29, 0.717) is 23.6 Å². The van der Waals surface area contributed by atoms with Gasteiger partial charge in [0.05, 0.1) is 6.04 Å². The quantitative estimate of drug-likeness (QED) is 0.623. The smallest absolute Gasteiger partial charge is 0.320 e. The maximum atomic E-state index is 12.6. The van der Waals surface area contributed by atoms with E-state index >= 15 is 0 Å². The fourth-order valence-electron chi connectivity index (χ4n) is 2.45. The van der Waals surface area contributed by atoms with E-state index in [4.69, 9.17) is 4.52 Å². The third-order valence-electron chi connectivity index (χ3n) is 3.79. The molecule has 136 valence electrons. The van der Waals surface area contributed by atoms with E-state index in [1.54, 1.807) is 6.92 Å². The Balaban J connectivity index is 1.71. The zero-order valence-electron chi connectivity index (χ0n) is 14.1. The van der Waals surface area contributed by atoms with Crippen LogP contribution in [-0.4, -0.2) is 40.0 Å². The van der Waals surface area contributed by atoms with Gasteiger partial charge in [0.15, 0.2) is 11.6 Å². The molecule has 4 N–H and O–H groups in total. The highest BCUT2D eigenvalue weighted by Gasteiger charge is 2.25. The molecule has 11 heteroatoms. The Morgan fingerprint density at radius 1 is 1.31 bits per heavy atom. The Morgan fingerprint density at radius 2 is 2.12 bits per heavy atom. The van der Waals surface area contributed by atoms with Crippen molar-refractivity contribution in [3.8, 4) is 0 Å². The summed E-state index contributed by atoms with van der Waals surface area (Å²) in [7, 11) is 1.48. The van der Waals surface area contributed by atoms with Crippen LogP contribution >= 0.6 is 0 Å². The van der Waals surface area contributed by atoms with Crippen molar-refractivity contribution < 1.29 is 18.9 Å². The first-order chi connectivity index (χ1) is 12.5. The summed E-state index contributed by atoms with van der Waals surface area (Å²) >= 11 is 0. The van der Waals surface area contributed by atoms with Gasteiger partial charge in [-0.15, -0.1) is 0 Å². The van der Waals surface area contributed by atoms with Gasteiger partial charge in [0.2, 0.25) is 5.91 Å². The third-order valence-corrected chi connectivity index (χ3v) is 3.79. The Hall–Kier alpha value is -3.50. The second-order valence-electron chi connectivity index (χ2n) is 5.61. The molecular weight excluding hydrogens is 342 g/mol. The minimum atomic E-state index is -0.515. The fraction of sp³-hybridized carbons (Fsp3) is 0.333. The number of nitrogens with zero attached hydrogens (tertiary/aromatic N) is 3. The summed E-state index contributed by atoms with van der Waals surface area (Å²) in [4.78, 5) is 43.3. The average molecular weight is 359 g/mol. The third kappa shape index (κ3) is 3.61. The summed E-state index contributed by atoms with van der Waals surface area (Å²) in [5.41, 5.74) is 0.793. The van der Waals surface area contributed by atoms with E-state index in [9.17, 15) is 14.4 Å². The molecule has 0 saturated heterocycles. The molecule has 0 bridgehead atoms. The molecule has 3 heterocycles. The number of hydrogen-bond acceptors (Lipinski definition) is 7. The van der Waals surface area contributed by atoms with Crippen LogP contribution in [0.2, 0.25) is 0 Å². The Labute approximate surface area is 147 Å². The Bertz CT molecular complexity index is 863. The highest BCUT2D eigenvalue weighted by Crippen LogP contribution is 2.23. The number of carbonyl (C=O) groups excluding carboxylic acids is 3. The second-order valence-corrected chi connectivity index (χ2v) is 5.61. The molecule has 0 radical (unpaired) electrons. The van der Waals surface area contributed by atoms with Gasteiger partial charge in [-0.25, -0.2) is 14.8 Å². The summed E-state index contributed by atoms with van der Waals surface area (Å²) in [5.74, 6) is 0.368. The van der Waals surface area contributed by atoms with Crippen LogP contribution in [-0.2, 0) is 11.2 Å². The van der Waals surface area contributed by atoms with Crippen LogP contribution in [0.3, 0.4) is 0 Å². The van der Waals surface area contributed by atoms with Gasteiger partial charge in [-0.3, -0.25) is 14.9 Å². The number of carbonyl (C=O) groups is 3. The van der Waals surface area contributed by atoms with E-state index in [1.807, 2.05) is 0 Å². The van der Waals surface area contributed by atoms with E-state index in [1.165, 1.54) is 19.4 Å². The Kier molecular flexibility index (Phi) is 4.78. The zero-order valence-corrected chi connectivity index (χ0v) is 14.1. The number of fused-ring (bicyclic) bond motifs is 1. The number of aromatic nitrogens is 3. The molecule has 2 aromatic heterocycles. The molecule has 3 rings (SSSR count). The maximum Gasteiger partial charge on any atom is 0.320 e. The predicted molar refractivity (Wildman–Crippen MR) is 89.4 cm³/mol. The van der Waals surface area contributed by atoms with Crippen LogP contribution in [0.15, 0.2) is 16.9 Å². The highest BCUT2D eigenvalue weighted by molar-refractivity contribution is 5.99. The monoisotopic (exact) mass is 359 g/mol. The van der Waals surface area contributed by atoms with Crippen LogP contribution in [0.1, 0.15) is 41.2 Å². The maximum absolute atomic E-state index is 12.6. The minimum Gasteiger partial charge on any atom is -0.357 e. The molecule has 4 amide bonds. The van der Waals surface area contributed by atoms with Crippen LogP contribution in [0.5, 0.6) is 0 Å². The SMILES string of the molecule is CNC(=O)Nc1cc([C@@H](C)NC(=O)c2ncnc3c2CCC(=O)N3)on1. The van der Waals surface area contributed by atoms with Gasteiger partial charge in [0, 0.05) is 25.1 Å². The van der Waals surface area contributed by atoms with Gasteiger partial charge in [0.25, 0.3) is 5.91 Å². The largest absolute Gasteiger partial charge is 0.357 e. The van der Waals surface area contributed by atoms with Gasteiger partial charge in [-0.05, 0) is 13.3 Å². The summed E-state index contributed by atoms with van der Waals surface area (Å²) in [5, 5.41) is 13.9. The van der Waals surface area contributed by atoms with Gasteiger partial charge < -0.3 is 20.5 Å². The van der Waals surface area contributed by atoms with E-state index in [-0.39, 0.29) is 23.8 Å². The van der Waals surface area contributed by atoms with Crippen molar-refractivity contribution in [2.24, 2.45) is 0 Å². The predicted octanol–water partition coefficient (Wildman–Crippen LogP) is 0.592. The standard InChI is InChI=1S/C15H17N7O4/c1-7(9-5-10(22-26-9)20-15(25)16-2)19-14(24)12-8-3-4-11(23)21-13(8)18-6-17-12/h5-7H,3-4H2,1-2H3,(H,19,24)(H2,16,20,22,25)(H,17,18,21,23)/t7-/m1/s1. The van der Waals surface area contributed by atoms with E-state index < -0.39 is 18.0 Å². The van der Waals surface area contributed by atoms with Crippen LogP contribution in [0, 0.1) is 0 Å². The van der Waals surface area contributed by atoms with Crippen molar-refractivity contribution in [3.63, 3.8) is 0 Å². The summed E-state index contributed by atoms with van der Waals surface area (Å²) < 4.78 is 5.14. The van der Waals surface area contributed by atoms with Crippen molar-refractivity contribution in [1.82, 2.24) is 25.8 Å². The lowest BCUT2D eigenvalue weighted by Gasteiger charge is -2.18. The van der Waals surface area contributed by atoms with Gasteiger partial charge in [-0.2, -0.15) is 0 Å². The summed E-state index contributed by atoms with van der Waals surface area (Å²) in [6, 6.07) is 0.561. The first-order valence-electron chi connectivity index (χ1n) is 7.88. The van der Waals surface area contributed by atoms with Crippen molar-refractivity contribution >= 4 is 29.5 Å². The van der Waals surface area contributed by atoms with Crippen molar-refractivity contribution in [1.29, 1.82) is 0 Å². The van der Waals surface area contributed by atoms with Gasteiger partial charge in [0.1, 0.15) is 17.8 Å². The topological polar surface area (TPSA) is 151 Å². The lowest BCUT2D eigenvalue weighted by Crippen LogP contribution is -2.30. The van der Waals surface area contributed by atoms with Gasteiger partial charge >= 0.3 is 6.03 Å². The molecule has 11 nitrogen and oxygen atoms in total. The first-order valence-corrected chi connectivity index (χ1v) is 7.88. The number of rotatable bonds is 4. The second kappa shape index (κ2) is 7.17.